The smallest absolute Gasteiger partial charge is 0.322 e. The largest absolute Gasteiger partial charge is 0.351 e. The molecule has 1 rings (SSSR count). The zero-order chi connectivity index (χ0) is 12.1. The summed E-state index contributed by atoms with van der Waals surface area (Å²) < 4.78 is 3.64. The molecule has 0 atom stereocenters. The highest BCUT2D eigenvalue weighted by Crippen LogP contribution is 2.17. The summed E-state index contributed by atoms with van der Waals surface area (Å²) in [5, 5.41) is 9.16. The molecule has 8 heteroatoms. The van der Waals surface area contributed by atoms with Crippen molar-refractivity contribution in [3.05, 3.63) is 5.69 Å². The summed E-state index contributed by atoms with van der Waals surface area (Å²) in [6.07, 6.45) is 0. The Balaban J connectivity index is 2.78. The molecule has 0 bridgehead atoms. The zero-order valence-electron chi connectivity index (χ0n) is 9.27. The second kappa shape index (κ2) is 5.40. The summed E-state index contributed by atoms with van der Waals surface area (Å²) in [6.45, 7) is 2.30. The molecule has 1 aromatic rings. The lowest BCUT2D eigenvalue weighted by atomic mass is 10.4. The van der Waals surface area contributed by atoms with Gasteiger partial charge in [-0.1, -0.05) is 4.49 Å². The number of hydrogen-bond donors (Lipinski definition) is 2. The van der Waals surface area contributed by atoms with Crippen LogP contribution in [0.4, 0.5) is 9.80 Å². The molecule has 0 fully saturated rings. The second-order valence-electron chi connectivity index (χ2n) is 3.13. The molecule has 0 aromatic carbocycles. The molecule has 3 amide bonds. The minimum Gasteiger partial charge on any atom is -0.351 e. The Labute approximate surface area is 97.0 Å². The molecule has 0 saturated carbocycles. The predicted octanol–water partition coefficient (Wildman–Crippen LogP) is 0.381. The summed E-state index contributed by atoms with van der Waals surface area (Å²) in [7, 11) is 3.21. The van der Waals surface area contributed by atoms with E-state index in [1.165, 1.54) is 4.90 Å². The van der Waals surface area contributed by atoms with Gasteiger partial charge in [-0.15, -0.1) is 5.10 Å². The summed E-state index contributed by atoms with van der Waals surface area (Å²) >= 11 is 0.969. The second-order valence-corrected chi connectivity index (χ2v) is 3.89. The average molecular weight is 243 g/mol. The number of carbonyl (C=O) groups is 2. The quantitative estimate of drug-likeness (QED) is 0.803. The van der Waals surface area contributed by atoms with Crippen LogP contribution in [-0.2, 0) is 0 Å². The maximum Gasteiger partial charge on any atom is 0.322 e. The highest BCUT2D eigenvalue weighted by Gasteiger charge is 2.18. The Morgan fingerprint density at radius 3 is 2.69 bits per heavy atom. The van der Waals surface area contributed by atoms with Crippen LogP contribution in [0.25, 0.3) is 0 Å². The highest BCUT2D eigenvalue weighted by molar-refractivity contribution is 7.10. The SMILES string of the molecule is CCNC(=O)c1nnsc1NC(=O)N(C)C. The van der Waals surface area contributed by atoms with Crippen molar-refractivity contribution in [1.82, 2.24) is 19.8 Å². The molecule has 0 saturated heterocycles. The molecular weight excluding hydrogens is 230 g/mol. The first-order chi connectivity index (χ1) is 7.56. The molecular formula is C8H13N5O2S. The van der Waals surface area contributed by atoms with E-state index in [-0.39, 0.29) is 17.6 Å². The molecule has 1 heterocycles. The van der Waals surface area contributed by atoms with Crippen LogP contribution in [0, 0.1) is 0 Å². The maximum atomic E-state index is 11.5. The van der Waals surface area contributed by atoms with Gasteiger partial charge in [-0.25, -0.2) is 4.79 Å². The average Bonchev–Trinajstić information content (AvgIpc) is 2.66. The number of anilines is 1. The summed E-state index contributed by atoms with van der Waals surface area (Å²) in [5.74, 6) is -0.342. The molecule has 88 valence electrons. The van der Waals surface area contributed by atoms with Crippen molar-refractivity contribution in [2.75, 3.05) is 26.0 Å². The van der Waals surface area contributed by atoms with E-state index in [1.807, 2.05) is 0 Å². The fraction of sp³-hybridized carbons (Fsp3) is 0.500. The van der Waals surface area contributed by atoms with E-state index >= 15 is 0 Å². The number of hydrogen-bond acceptors (Lipinski definition) is 5. The van der Waals surface area contributed by atoms with Crippen molar-refractivity contribution in [2.45, 2.75) is 6.92 Å². The van der Waals surface area contributed by atoms with Gasteiger partial charge in [-0.2, -0.15) is 0 Å². The third-order valence-electron chi connectivity index (χ3n) is 1.67. The van der Waals surface area contributed by atoms with Crippen molar-refractivity contribution in [3.8, 4) is 0 Å². The molecule has 0 aliphatic carbocycles. The van der Waals surface area contributed by atoms with Gasteiger partial charge in [0.2, 0.25) is 0 Å². The lowest BCUT2D eigenvalue weighted by molar-refractivity contribution is 0.0951. The van der Waals surface area contributed by atoms with Gasteiger partial charge in [-0.3, -0.25) is 10.1 Å². The van der Waals surface area contributed by atoms with Gasteiger partial charge in [0.05, 0.1) is 0 Å². The standard InChI is InChI=1S/C8H13N5O2S/c1-4-9-6(14)5-7(16-12-11-5)10-8(15)13(2)3/h4H2,1-3H3,(H,9,14)(H,10,15). The van der Waals surface area contributed by atoms with Crippen molar-refractivity contribution in [3.63, 3.8) is 0 Å². The predicted molar refractivity (Wildman–Crippen MR) is 60.6 cm³/mol. The highest BCUT2D eigenvalue weighted by atomic mass is 32.1. The number of carbonyl (C=O) groups excluding carboxylic acids is 2. The summed E-state index contributed by atoms with van der Waals surface area (Å²) in [4.78, 5) is 24.2. The molecule has 0 spiro atoms. The van der Waals surface area contributed by atoms with E-state index in [2.05, 4.69) is 20.2 Å². The molecule has 0 aliphatic rings. The van der Waals surface area contributed by atoms with Crippen LogP contribution >= 0.6 is 11.5 Å². The van der Waals surface area contributed by atoms with Crippen molar-refractivity contribution in [2.24, 2.45) is 0 Å². The van der Waals surface area contributed by atoms with E-state index in [4.69, 9.17) is 0 Å². The molecule has 16 heavy (non-hydrogen) atoms. The van der Waals surface area contributed by atoms with Gasteiger partial charge in [0.1, 0.15) is 0 Å². The van der Waals surface area contributed by atoms with Crippen molar-refractivity contribution >= 4 is 28.5 Å². The topological polar surface area (TPSA) is 87.2 Å². The third kappa shape index (κ3) is 2.89. The number of nitrogens with one attached hydrogen (secondary N) is 2. The Morgan fingerprint density at radius 1 is 1.44 bits per heavy atom. The summed E-state index contributed by atoms with van der Waals surface area (Å²) in [5.41, 5.74) is 0.141. The Bertz CT molecular complexity index is 390. The number of aromatic nitrogens is 2. The molecule has 1 aromatic heterocycles. The molecule has 7 nitrogen and oxygen atoms in total. The monoisotopic (exact) mass is 243 g/mol. The van der Waals surface area contributed by atoms with Crippen molar-refractivity contribution < 1.29 is 9.59 Å². The van der Waals surface area contributed by atoms with Gasteiger partial charge in [0, 0.05) is 32.2 Å². The Morgan fingerprint density at radius 2 is 2.12 bits per heavy atom. The van der Waals surface area contributed by atoms with E-state index in [1.54, 1.807) is 21.0 Å². The number of urea groups is 1. The maximum absolute atomic E-state index is 11.5. The van der Waals surface area contributed by atoms with Crippen LogP contribution in [0.3, 0.4) is 0 Å². The zero-order valence-corrected chi connectivity index (χ0v) is 10.1. The normalized spacial score (nSPS) is 9.69. The Hall–Kier alpha value is -1.70. The van der Waals surface area contributed by atoms with Crippen molar-refractivity contribution in [1.29, 1.82) is 0 Å². The van der Waals surface area contributed by atoms with Crippen LogP contribution in [-0.4, -0.2) is 47.1 Å². The van der Waals surface area contributed by atoms with E-state index in [9.17, 15) is 9.59 Å². The molecule has 0 radical (unpaired) electrons. The fourth-order valence-electron chi connectivity index (χ4n) is 0.874. The van der Waals surface area contributed by atoms with Gasteiger partial charge in [0.15, 0.2) is 10.7 Å². The molecule has 0 unspecified atom stereocenters. The first kappa shape index (κ1) is 12.4. The third-order valence-corrected chi connectivity index (χ3v) is 2.31. The van der Waals surface area contributed by atoms with E-state index in [0.29, 0.717) is 11.5 Å². The van der Waals surface area contributed by atoms with E-state index in [0.717, 1.165) is 11.5 Å². The molecule has 2 N–H and O–H groups in total. The number of amides is 3. The fourth-order valence-corrected chi connectivity index (χ4v) is 1.43. The number of nitrogens with zero attached hydrogens (tertiary/aromatic N) is 3. The van der Waals surface area contributed by atoms with Crippen LogP contribution in [0.15, 0.2) is 0 Å². The number of rotatable bonds is 3. The van der Waals surface area contributed by atoms with Gasteiger partial charge in [0.25, 0.3) is 5.91 Å². The first-order valence-electron chi connectivity index (χ1n) is 4.65. The van der Waals surface area contributed by atoms with Crippen LogP contribution in [0.1, 0.15) is 17.4 Å². The minimum atomic E-state index is -0.342. The van der Waals surface area contributed by atoms with Gasteiger partial charge >= 0.3 is 6.03 Å². The first-order valence-corrected chi connectivity index (χ1v) is 5.42. The minimum absolute atomic E-state index is 0.141. The van der Waals surface area contributed by atoms with Crippen LogP contribution in [0.5, 0.6) is 0 Å². The lowest BCUT2D eigenvalue weighted by Crippen LogP contribution is -2.29. The molecule has 0 aliphatic heterocycles. The van der Waals surface area contributed by atoms with Gasteiger partial charge < -0.3 is 10.2 Å². The Kier molecular flexibility index (Phi) is 4.18. The van der Waals surface area contributed by atoms with Crippen LogP contribution < -0.4 is 10.6 Å². The van der Waals surface area contributed by atoms with E-state index < -0.39 is 0 Å². The van der Waals surface area contributed by atoms with Crippen LogP contribution in [0.2, 0.25) is 0 Å². The van der Waals surface area contributed by atoms with Gasteiger partial charge in [-0.05, 0) is 6.92 Å². The summed E-state index contributed by atoms with van der Waals surface area (Å²) in [6, 6.07) is -0.323. The lowest BCUT2D eigenvalue weighted by Gasteiger charge is -2.10.